The molecule has 1 amide bonds. The van der Waals surface area contributed by atoms with Crippen molar-refractivity contribution in [1.29, 1.82) is 0 Å². The first-order valence-electron chi connectivity index (χ1n) is 8.42. The van der Waals surface area contributed by atoms with Crippen molar-refractivity contribution < 1.29 is 4.79 Å². The summed E-state index contributed by atoms with van der Waals surface area (Å²) >= 11 is 3.37. The fourth-order valence-electron chi connectivity index (χ4n) is 2.71. The van der Waals surface area contributed by atoms with E-state index in [0.29, 0.717) is 17.0 Å². The Bertz CT molecular complexity index is 1120. The maximum atomic E-state index is 12.3. The zero-order valence-corrected chi connectivity index (χ0v) is 16.1. The summed E-state index contributed by atoms with van der Waals surface area (Å²) in [5, 5.41) is 15.8. The Balaban J connectivity index is 1.58. The standard InChI is InChI=1S/C20H16BrN5O/c1-13-5-7-14(8-6-13)17-9-10-18-23-24-19(26(18)25-17)12-22-20(27)15-3-2-4-16(21)11-15/h2-11H,12H2,1H3,(H,22,27). The lowest BCUT2D eigenvalue weighted by Gasteiger charge is -2.06. The molecule has 1 N–H and O–H groups in total. The van der Waals surface area contributed by atoms with Crippen LogP contribution >= 0.6 is 15.9 Å². The molecule has 0 aliphatic rings. The van der Waals surface area contributed by atoms with E-state index in [0.717, 1.165) is 15.7 Å². The van der Waals surface area contributed by atoms with Crippen LogP contribution in [0.4, 0.5) is 0 Å². The van der Waals surface area contributed by atoms with E-state index in [1.54, 1.807) is 16.6 Å². The van der Waals surface area contributed by atoms with Gasteiger partial charge in [-0.1, -0.05) is 51.8 Å². The Morgan fingerprint density at radius 2 is 1.89 bits per heavy atom. The average molecular weight is 422 g/mol. The summed E-state index contributed by atoms with van der Waals surface area (Å²) in [5.41, 5.74) is 4.24. The van der Waals surface area contributed by atoms with Gasteiger partial charge in [-0.2, -0.15) is 9.61 Å². The van der Waals surface area contributed by atoms with E-state index in [2.05, 4.69) is 36.5 Å². The van der Waals surface area contributed by atoms with Crippen LogP contribution in [-0.4, -0.2) is 25.7 Å². The molecule has 2 heterocycles. The van der Waals surface area contributed by atoms with Gasteiger partial charge in [-0.15, -0.1) is 10.2 Å². The number of halogens is 1. The van der Waals surface area contributed by atoms with Crippen LogP contribution in [0.5, 0.6) is 0 Å². The molecule has 4 rings (SSSR count). The van der Waals surface area contributed by atoms with E-state index < -0.39 is 0 Å². The first kappa shape index (κ1) is 17.4. The zero-order chi connectivity index (χ0) is 18.8. The molecule has 0 aliphatic carbocycles. The number of carbonyl (C=O) groups is 1. The number of amides is 1. The number of rotatable bonds is 4. The number of hydrogen-bond acceptors (Lipinski definition) is 4. The minimum atomic E-state index is -0.178. The number of fused-ring (bicyclic) bond motifs is 1. The van der Waals surface area contributed by atoms with Crippen LogP contribution in [0, 0.1) is 6.92 Å². The number of nitrogens with zero attached hydrogens (tertiary/aromatic N) is 4. The van der Waals surface area contributed by atoms with Gasteiger partial charge >= 0.3 is 0 Å². The number of benzene rings is 2. The van der Waals surface area contributed by atoms with Gasteiger partial charge in [0.15, 0.2) is 11.5 Å². The highest BCUT2D eigenvalue weighted by atomic mass is 79.9. The van der Waals surface area contributed by atoms with Gasteiger partial charge in [0.2, 0.25) is 0 Å². The molecule has 0 saturated carbocycles. The summed E-state index contributed by atoms with van der Waals surface area (Å²) < 4.78 is 2.52. The highest BCUT2D eigenvalue weighted by Crippen LogP contribution is 2.18. The molecule has 7 heteroatoms. The first-order chi connectivity index (χ1) is 13.1. The van der Waals surface area contributed by atoms with Gasteiger partial charge in [-0.05, 0) is 37.3 Å². The normalized spacial score (nSPS) is 10.9. The summed E-state index contributed by atoms with van der Waals surface area (Å²) in [6, 6.07) is 19.2. The molecule has 0 unspecified atom stereocenters. The molecule has 2 aromatic heterocycles. The minimum absolute atomic E-state index is 0.178. The van der Waals surface area contributed by atoms with Gasteiger partial charge in [-0.25, -0.2) is 0 Å². The molecule has 0 atom stereocenters. The van der Waals surface area contributed by atoms with Gasteiger partial charge in [-0.3, -0.25) is 4.79 Å². The van der Waals surface area contributed by atoms with Crippen molar-refractivity contribution in [2.75, 3.05) is 0 Å². The van der Waals surface area contributed by atoms with Crippen LogP contribution in [0.1, 0.15) is 21.7 Å². The van der Waals surface area contributed by atoms with Crippen molar-refractivity contribution in [1.82, 2.24) is 25.1 Å². The SMILES string of the molecule is Cc1ccc(-c2ccc3nnc(CNC(=O)c4cccc(Br)c4)n3n2)cc1. The predicted molar refractivity (Wildman–Crippen MR) is 106 cm³/mol. The quantitative estimate of drug-likeness (QED) is 0.543. The predicted octanol–water partition coefficient (Wildman–Crippen LogP) is 3.79. The van der Waals surface area contributed by atoms with Crippen LogP contribution < -0.4 is 5.32 Å². The number of carbonyl (C=O) groups excluding carboxylic acids is 1. The molecule has 0 spiro atoms. The van der Waals surface area contributed by atoms with Gasteiger partial charge in [0, 0.05) is 15.6 Å². The summed E-state index contributed by atoms with van der Waals surface area (Å²) in [5.74, 6) is 0.394. The Hall–Kier alpha value is -3.06. The topological polar surface area (TPSA) is 72.2 Å². The summed E-state index contributed by atoms with van der Waals surface area (Å²) in [6.45, 7) is 2.28. The molecule has 4 aromatic rings. The molecule has 134 valence electrons. The van der Waals surface area contributed by atoms with Crippen molar-refractivity contribution in [2.45, 2.75) is 13.5 Å². The van der Waals surface area contributed by atoms with E-state index in [-0.39, 0.29) is 12.5 Å². The monoisotopic (exact) mass is 421 g/mol. The number of hydrogen-bond donors (Lipinski definition) is 1. The molecule has 0 radical (unpaired) electrons. The molecule has 0 saturated heterocycles. The van der Waals surface area contributed by atoms with Crippen LogP contribution in [0.15, 0.2) is 65.1 Å². The number of nitrogens with one attached hydrogen (secondary N) is 1. The van der Waals surface area contributed by atoms with E-state index in [1.807, 2.05) is 55.5 Å². The van der Waals surface area contributed by atoms with Crippen molar-refractivity contribution in [3.63, 3.8) is 0 Å². The third-order valence-electron chi connectivity index (χ3n) is 4.17. The number of aromatic nitrogens is 4. The molecular formula is C20H16BrN5O. The minimum Gasteiger partial charge on any atom is -0.345 e. The highest BCUT2D eigenvalue weighted by molar-refractivity contribution is 9.10. The molecule has 0 bridgehead atoms. The third-order valence-corrected chi connectivity index (χ3v) is 4.66. The second-order valence-corrected chi connectivity index (χ2v) is 7.08. The fourth-order valence-corrected chi connectivity index (χ4v) is 3.11. The second-order valence-electron chi connectivity index (χ2n) is 6.16. The van der Waals surface area contributed by atoms with Crippen LogP contribution in [0.2, 0.25) is 0 Å². The van der Waals surface area contributed by atoms with Gasteiger partial charge in [0.1, 0.15) is 0 Å². The van der Waals surface area contributed by atoms with E-state index in [1.165, 1.54) is 5.56 Å². The van der Waals surface area contributed by atoms with Crippen molar-refractivity contribution in [3.05, 3.63) is 82.1 Å². The summed E-state index contributed by atoms with van der Waals surface area (Å²) in [7, 11) is 0. The van der Waals surface area contributed by atoms with Crippen LogP contribution in [0.3, 0.4) is 0 Å². The fraction of sp³-hybridized carbons (Fsp3) is 0.100. The Morgan fingerprint density at radius 3 is 2.67 bits per heavy atom. The van der Waals surface area contributed by atoms with Crippen molar-refractivity contribution in [2.24, 2.45) is 0 Å². The van der Waals surface area contributed by atoms with Gasteiger partial charge in [0.05, 0.1) is 12.2 Å². The molecule has 2 aromatic carbocycles. The second kappa shape index (κ2) is 7.28. The molecule has 27 heavy (non-hydrogen) atoms. The van der Waals surface area contributed by atoms with Crippen LogP contribution in [-0.2, 0) is 6.54 Å². The van der Waals surface area contributed by atoms with E-state index in [4.69, 9.17) is 0 Å². The first-order valence-corrected chi connectivity index (χ1v) is 9.21. The van der Waals surface area contributed by atoms with E-state index in [9.17, 15) is 4.79 Å². The molecule has 6 nitrogen and oxygen atoms in total. The molecule has 0 fully saturated rings. The third kappa shape index (κ3) is 3.73. The number of aryl methyl sites for hydroxylation is 1. The van der Waals surface area contributed by atoms with Gasteiger partial charge in [0.25, 0.3) is 5.91 Å². The van der Waals surface area contributed by atoms with Crippen molar-refractivity contribution in [3.8, 4) is 11.3 Å². The lowest BCUT2D eigenvalue weighted by atomic mass is 10.1. The maximum absolute atomic E-state index is 12.3. The Labute approximate surface area is 164 Å². The molecule has 0 aliphatic heterocycles. The smallest absolute Gasteiger partial charge is 0.251 e. The largest absolute Gasteiger partial charge is 0.345 e. The zero-order valence-electron chi connectivity index (χ0n) is 14.6. The van der Waals surface area contributed by atoms with Crippen molar-refractivity contribution >= 4 is 27.5 Å². The van der Waals surface area contributed by atoms with Crippen LogP contribution in [0.25, 0.3) is 16.9 Å². The lowest BCUT2D eigenvalue weighted by molar-refractivity contribution is 0.0949. The maximum Gasteiger partial charge on any atom is 0.251 e. The average Bonchev–Trinajstić information content (AvgIpc) is 3.09. The highest BCUT2D eigenvalue weighted by Gasteiger charge is 2.11. The van der Waals surface area contributed by atoms with E-state index >= 15 is 0 Å². The summed E-state index contributed by atoms with van der Waals surface area (Å²) in [6.07, 6.45) is 0. The Morgan fingerprint density at radius 1 is 1.07 bits per heavy atom. The lowest BCUT2D eigenvalue weighted by Crippen LogP contribution is -2.24. The molecular weight excluding hydrogens is 406 g/mol. The summed E-state index contributed by atoms with van der Waals surface area (Å²) in [4.78, 5) is 12.3. The Kier molecular flexibility index (Phi) is 4.68. The van der Waals surface area contributed by atoms with Gasteiger partial charge < -0.3 is 5.32 Å².